The molecule has 28 heavy (non-hydrogen) atoms. The highest BCUT2D eigenvalue weighted by atomic mass is 19.4. The zero-order valence-electron chi connectivity index (χ0n) is 15.9. The second-order valence-electron chi connectivity index (χ2n) is 6.76. The van der Waals surface area contributed by atoms with Crippen LogP contribution in [0.1, 0.15) is 35.3 Å². The maximum absolute atomic E-state index is 13.1. The van der Waals surface area contributed by atoms with E-state index >= 15 is 0 Å². The molecule has 1 unspecified atom stereocenters. The zero-order valence-corrected chi connectivity index (χ0v) is 15.9. The first-order valence-electron chi connectivity index (χ1n) is 8.45. The average molecular weight is 405 g/mol. The largest absolute Gasteiger partial charge is 0.440 e. The molecule has 1 aromatic heterocycles. The lowest BCUT2D eigenvalue weighted by molar-refractivity contribution is -0.141. The van der Waals surface area contributed by atoms with E-state index in [1.54, 1.807) is 0 Å². The van der Waals surface area contributed by atoms with Gasteiger partial charge in [-0.25, -0.2) is 4.79 Å². The van der Waals surface area contributed by atoms with Gasteiger partial charge < -0.3 is 20.3 Å². The summed E-state index contributed by atoms with van der Waals surface area (Å²) < 4.78 is 45.7. The lowest BCUT2D eigenvalue weighted by Crippen LogP contribution is -2.64. The molecule has 9 nitrogen and oxygen atoms in total. The number of carbonyl (C=O) groups is 3. The number of aryl methyl sites for hydroxylation is 1. The number of likely N-dealkylation sites (N-methyl/N-ethyl adjacent to an activating group) is 1. The Bertz CT molecular complexity index is 771. The van der Waals surface area contributed by atoms with Crippen molar-refractivity contribution < 1.29 is 32.3 Å². The quantitative estimate of drug-likeness (QED) is 0.758. The predicted molar refractivity (Wildman–Crippen MR) is 90.3 cm³/mol. The molecule has 0 spiro atoms. The summed E-state index contributed by atoms with van der Waals surface area (Å²) in [4.78, 5) is 38.1. The van der Waals surface area contributed by atoms with Gasteiger partial charge in [-0.15, -0.1) is 0 Å². The van der Waals surface area contributed by atoms with E-state index in [9.17, 15) is 27.6 Å². The van der Waals surface area contributed by atoms with E-state index in [0.717, 1.165) is 15.8 Å². The Kier molecular flexibility index (Phi) is 5.90. The van der Waals surface area contributed by atoms with Crippen LogP contribution < -0.4 is 10.6 Å². The molecule has 1 atom stereocenters. The number of hydrogen-bond acceptors (Lipinski definition) is 5. The summed E-state index contributed by atoms with van der Waals surface area (Å²) >= 11 is 0. The summed E-state index contributed by atoms with van der Waals surface area (Å²) in [6.07, 6.45) is -3.46. The lowest BCUT2D eigenvalue weighted by atomic mass is 9.74. The molecule has 2 rings (SSSR count). The van der Waals surface area contributed by atoms with Gasteiger partial charge in [0.1, 0.15) is 11.6 Å². The number of rotatable bonds is 5. The van der Waals surface area contributed by atoms with Crippen molar-refractivity contribution in [1.82, 2.24) is 25.3 Å². The third-order valence-electron chi connectivity index (χ3n) is 4.51. The van der Waals surface area contributed by atoms with Gasteiger partial charge >= 0.3 is 12.3 Å². The van der Waals surface area contributed by atoms with Gasteiger partial charge in [0, 0.05) is 34.4 Å². The van der Waals surface area contributed by atoms with Crippen LogP contribution in [0.4, 0.5) is 18.0 Å². The van der Waals surface area contributed by atoms with Gasteiger partial charge in [0.05, 0.1) is 5.56 Å². The zero-order chi connectivity index (χ0) is 21.3. The topological polar surface area (TPSA) is 106 Å². The summed E-state index contributed by atoms with van der Waals surface area (Å²) in [6, 6.07) is -1.36. The van der Waals surface area contributed by atoms with Gasteiger partial charge in [-0.3, -0.25) is 14.3 Å². The van der Waals surface area contributed by atoms with Crippen molar-refractivity contribution in [3.8, 4) is 0 Å². The second kappa shape index (κ2) is 7.68. The highest BCUT2D eigenvalue weighted by molar-refractivity contribution is 5.99. The summed E-state index contributed by atoms with van der Waals surface area (Å²) in [5.41, 5.74) is -3.43. The van der Waals surface area contributed by atoms with E-state index in [-0.39, 0.29) is 12.8 Å². The third kappa shape index (κ3) is 4.20. The fourth-order valence-corrected chi connectivity index (χ4v) is 2.89. The van der Waals surface area contributed by atoms with Crippen LogP contribution in [0.3, 0.4) is 0 Å². The van der Waals surface area contributed by atoms with Crippen LogP contribution in [0.5, 0.6) is 0 Å². The molecule has 12 heteroatoms. The number of alkyl halides is 3. The van der Waals surface area contributed by atoms with Gasteiger partial charge in [-0.2, -0.15) is 18.3 Å². The van der Waals surface area contributed by atoms with Crippen LogP contribution in [0, 0.1) is 0 Å². The highest BCUT2D eigenvalue weighted by Crippen LogP contribution is 2.39. The first kappa shape index (κ1) is 21.5. The minimum atomic E-state index is -4.85. The Balaban J connectivity index is 2.34. The van der Waals surface area contributed by atoms with Crippen LogP contribution in [0.25, 0.3) is 0 Å². The minimum absolute atomic E-state index is 0.282. The summed E-state index contributed by atoms with van der Waals surface area (Å²) in [5.74, 6) is -1.82. The number of carbonyl (C=O) groups excluding carboxylic acids is 3. The van der Waals surface area contributed by atoms with Crippen LogP contribution in [0.2, 0.25) is 0 Å². The first-order valence-corrected chi connectivity index (χ1v) is 8.45. The van der Waals surface area contributed by atoms with E-state index in [4.69, 9.17) is 4.74 Å². The van der Waals surface area contributed by atoms with Gasteiger partial charge in [0.15, 0.2) is 5.69 Å². The predicted octanol–water partition coefficient (Wildman–Crippen LogP) is 0.904. The normalized spacial score (nSPS) is 16.5. The van der Waals surface area contributed by atoms with E-state index < -0.39 is 47.0 Å². The van der Waals surface area contributed by atoms with Gasteiger partial charge in [-0.1, -0.05) is 0 Å². The molecule has 0 saturated heterocycles. The molecule has 1 aromatic rings. The van der Waals surface area contributed by atoms with Crippen molar-refractivity contribution >= 4 is 17.9 Å². The summed E-state index contributed by atoms with van der Waals surface area (Å²) in [7, 11) is 5.46. The fraction of sp³-hybridized carbons (Fsp3) is 0.625. The monoisotopic (exact) mass is 405 g/mol. The maximum Gasteiger partial charge on any atom is 0.435 e. The average Bonchev–Trinajstić information content (AvgIpc) is 2.97. The number of nitrogens with one attached hydrogen (secondary N) is 2. The highest BCUT2D eigenvalue weighted by Gasteiger charge is 2.52. The van der Waals surface area contributed by atoms with Crippen LogP contribution in [0.15, 0.2) is 6.20 Å². The van der Waals surface area contributed by atoms with Crippen molar-refractivity contribution in [2.75, 3.05) is 21.1 Å². The molecule has 1 aliphatic carbocycles. The molecular weight excluding hydrogens is 383 g/mol. The number of ether oxygens (including phenoxy) is 1. The Morgan fingerprint density at radius 1 is 1.32 bits per heavy atom. The molecule has 0 radical (unpaired) electrons. The number of halogens is 3. The van der Waals surface area contributed by atoms with Crippen molar-refractivity contribution in [2.45, 2.75) is 37.1 Å². The third-order valence-corrected chi connectivity index (χ3v) is 4.51. The Morgan fingerprint density at radius 3 is 2.36 bits per heavy atom. The van der Waals surface area contributed by atoms with E-state index in [1.807, 2.05) is 0 Å². The second-order valence-corrected chi connectivity index (χ2v) is 6.76. The van der Waals surface area contributed by atoms with Gasteiger partial charge in [-0.05, 0) is 19.3 Å². The number of nitrogens with zero attached hydrogens (tertiary/aromatic N) is 3. The van der Waals surface area contributed by atoms with Crippen molar-refractivity contribution in [3.63, 3.8) is 0 Å². The molecule has 3 amide bonds. The molecule has 1 aliphatic rings. The maximum atomic E-state index is 13.1. The Hall–Kier alpha value is -2.79. The van der Waals surface area contributed by atoms with Gasteiger partial charge in [0.2, 0.25) is 5.91 Å². The fourth-order valence-electron chi connectivity index (χ4n) is 2.89. The minimum Gasteiger partial charge on any atom is -0.440 e. The number of hydrogen-bond donors (Lipinski definition) is 2. The summed E-state index contributed by atoms with van der Waals surface area (Å²) in [5, 5.41) is 7.92. The smallest absolute Gasteiger partial charge is 0.435 e. The van der Waals surface area contributed by atoms with Crippen molar-refractivity contribution in [3.05, 3.63) is 17.5 Å². The molecule has 1 heterocycles. The van der Waals surface area contributed by atoms with E-state index in [1.165, 1.54) is 28.2 Å². The molecular formula is C16H22F3N5O4. The van der Waals surface area contributed by atoms with E-state index in [0.29, 0.717) is 6.42 Å². The lowest BCUT2D eigenvalue weighted by Gasteiger charge is -2.45. The Labute approximate surface area is 159 Å². The SMILES string of the molecule is CNC(=O)C(NC(=O)c1cn(C)nc1C(F)(F)F)C1(OC(=O)N(C)C)CCC1. The molecule has 0 aliphatic heterocycles. The molecule has 156 valence electrons. The summed E-state index contributed by atoms with van der Waals surface area (Å²) in [6.45, 7) is 0. The van der Waals surface area contributed by atoms with Crippen molar-refractivity contribution in [2.24, 2.45) is 7.05 Å². The van der Waals surface area contributed by atoms with Gasteiger partial charge in [0.25, 0.3) is 5.91 Å². The van der Waals surface area contributed by atoms with E-state index in [2.05, 4.69) is 15.7 Å². The van der Waals surface area contributed by atoms with Crippen LogP contribution in [-0.2, 0) is 22.8 Å². The van der Waals surface area contributed by atoms with Crippen LogP contribution in [-0.4, -0.2) is 65.4 Å². The molecule has 1 saturated carbocycles. The number of aromatic nitrogens is 2. The molecule has 0 bridgehead atoms. The molecule has 1 fully saturated rings. The first-order chi connectivity index (χ1) is 12.9. The molecule has 2 N–H and O–H groups in total. The van der Waals surface area contributed by atoms with Crippen molar-refractivity contribution in [1.29, 1.82) is 0 Å². The standard InChI is InChI=1S/C16H22F3N5O4/c1-20-13(26)11(15(6-5-7-15)28-14(27)23(2)3)21-12(25)9-8-24(4)22-10(9)16(17,18)19/h8,11H,5-7H2,1-4H3,(H,20,26)(H,21,25). The Morgan fingerprint density at radius 2 is 1.93 bits per heavy atom. The number of amides is 3. The van der Waals surface area contributed by atoms with Crippen LogP contribution >= 0.6 is 0 Å². The molecule has 0 aromatic carbocycles.